The number of ether oxygens (including phenoxy) is 2. The number of halogens is 1. The van der Waals surface area contributed by atoms with Gasteiger partial charge in [-0.1, -0.05) is 30.3 Å². The number of carbonyl (C=O) groups is 2. The number of carbonyl (C=O) groups excluding carboxylic acids is 2. The first-order chi connectivity index (χ1) is 15.8. The Morgan fingerprint density at radius 2 is 1.91 bits per heavy atom. The zero-order chi connectivity index (χ0) is 23.7. The molecule has 6 nitrogen and oxygen atoms in total. The van der Waals surface area contributed by atoms with Crippen molar-refractivity contribution in [3.05, 3.63) is 80.6 Å². The number of esters is 1. The lowest BCUT2D eigenvalue weighted by atomic mass is 9.71. The van der Waals surface area contributed by atoms with Crippen molar-refractivity contribution in [2.24, 2.45) is 0 Å². The maximum Gasteiger partial charge on any atom is 0.336 e. The van der Waals surface area contributed by atoms with Crippen LogP contribution < -0.4 is 10.1 Å². The molecule has 0 saturated heterocycles. The van der Waals surface area contributed by atoms with Gasteiger partial charge in [0.1, 0.15) is 0 Å². The second-order valence-corrected chi connectivity index (χ2v) is 9.06. The van der Waals surface area contributed by atoms with Gasteiger partial charge in [0.25, 0.3) is 0 Å². The maximum atomic E-state index is 13.6. The van der Waals surface area contributed by atoms with E-state index in [9.17, 15) is 14.7 Å². The molecule has 0 fully saturated rings. The number of Topliss-reactive ketones (excluding diaryl/α,β-unsaturated/α-hetero) is 1. The Morgan fingerprint density at radius 3 is 2.58 bits per heavy atom. The Hall–Kier alpha value is -3.06. The summed E-state index contributed by atoms with van der Waals surface area (Å²) >= 11 is 3.39. The second-order valence-electron chi connectivity index (χ2n) is 8.20. The first kappa shape index (κ1) is 23.1. The van der Waals surface area contributed by atoms with Gasteiger partial charge in [-0.2, -0.15) is 0 Å². The van der Waals surface area contributed by atoms with Gasteiger partial charge in [-0.25, -0.2) is 4.79 Å². The summed E-state index contributed by atoms with van der Waals surface area (Å²) in [4.78, 5) is 26.4. The van der Waals surface area contributed by atoms with Crippen molar-refractivity contribution in [2.75, 3.05) is 13.7 Å². The number of nitrogens with one attached hydrogen (secondary N) is 1. The number of phenols is 1. The van der Waals surface area contributed by atoms with E-state index in [1.165, 1.54) is 7.11 Å². The van der Waals surface area contributed by atoms with Crippen LogP contribution in [0.5, 0.6) is 11.5 Å². The predicted octanol–water partition coefficient (Wildman–Crippen LogP) is 5.09. The molecule has 1 heterocycles. The molecule has 2 aromatic rings. The van der Waals surface area contributed by atoms with E-state index in [1.807, 2.05) is 44.2 Å². The molecule has 2 N–H and O–H groups in total. The second kappa shape index (κ2) is 9.43. The molecule has 0 spiro atoms. The molecule has 7 heteroatoms. The summed E-state index contributed by atoms with van der Waals surface area (Å²) in [6, 6.07) is 13.4. The van der Waals surface area contributed by atoms with Crippen molar-refractivity contribution in [2.45, 2.75) is 38.5 Å². The number of allylic oxidation sites excluding steroid dienone is 3. The molecule has 33 heavy (non-hydrogen) atoms. The Labute approximate surface area is 201 Å². The average molecular weight is 512 g/mol. The highest BCUT2D eigenvalue weighted by atomic mass is 79.9. The summed E-state index contributed by atoms with van der Waals surface area (Å²) in [5.74, 6) is -0.828. The molecule has 1 aliphatic heterocycles. The SMILES string of the molecule is CCOc1cc([C@@H]2C(C(=O)OC)=C(C)NC3=C2C(=O)C[C@H](c2ccccc2)C3)cc(Br)c1O. The summed E-state index contributed by atoms with van der Waals surface area (Å²) in [7, 11) is 1.33. The van der Waals surface area contributed by atoms with Gasteiger partial charge >= 0.3 is 5.97 Å². The maximum absolute atomic E-state index is 13.6. The first-order valence-electron chi connectivity index (χ1n) is 10.9. The van der Waals surface area contributed by atoms with Crippen molar-refractivity contribution < 1.29 is 24.2 Å². The number of ketones is 1. The first-order valence-corrected chi connectivity index (χ1v) is 11.7. The Balaban J connectivity index is 1.86. The van der Waals surface area contributed by atoms with E-state index < -0.39 is 11.9 Å². The Morgan fingerprint density at radius 1 is 1.18 bits per heavy atom. The fourth-order valence-corrected chi connectivity index (χ4v) is 5.20. The lowest BCUT2D eigenvalue weighted by Crippen LogP contribution is -2.36. The molecular weight excluding hydrogens is 486 g/mol. The molecule has 0 unspecified atom stereocenters. The molecule has 0 aromatic heterocycles. The third kappa shape index (κ3) is 4.29. The molecule has 0 bridgehead atoms. The highest BCUT2D eigenvalue weighted by molar-refractivity contribution is 9.10. The minimum atomic E-state index is -0.631. The third-order valence-electron chi connectivity index (χ3n) is 6.19. The summed E-state index contributed by atoms with van der Waals surface area (Å²) in [5, 5.41) is 13.7. The summed E-state index contributed by atoms with van der Waals surface area (Å²) in [6.07, 6.45) is 1.01. The van der Waals surface area contributed by atoms with Crippen molar-refractivity contribution in [1.29, 1.82) is 0 Å². The van der Waals surface area contributed by atoms with E-state index in [0.717, 1.165) is 11.3 Å². The largest absolute Gasteiger partial charge is 0.503 e. The van der Waals surface area contributed by atoms with Gasteiger partial charge in [-0.05, 0) is 65.4 Å². The van der Waals surface area contributed by atoms with Crippen LogP contribution in [-0.4, -0.2) is 30.6 Å². The fraction of sp³-hybridized carbons (Fsp3) is 0.308. The van der Waals surface area contributed by atoms with Crippen LogP contribution in [0, 0.1) is 0 Å². The molecule has 0 amide bonds. The molecular formula is C26H26BrNO5. The van der Waals surface area contributed by atoms with Gasteiger partial charge in [0.15, 0.2) is 17.3 Å². The predicted molar refractivity (Wildman–Crippen MR) is 128 cm³/mol. The molecule has 2 aromatic carbocycles. The van der Waals surface area contributed by atoms with Gasteiger partial charge in [0, 0.05) is 29.3 Å². The van der Waals surface area contributed by atoms with Crippen LogP contribution in [0.4, 0.5) is 0 Å². The van der Waals surface area contributed by atoms with Crippen LogP contribution in [0.2, 0.25) is 0 Å². The topological polar surface area (TPSA) is 84.9 Å². The monoisotopic (exact) mass is 511 g/mol. The number of methoxy groups -OCH3 is 1. The zero-order valence-corrected chi connectivity index (χ0v) is 20.4. The molecule has 4 rings (SSSR count). The lowest BCUT2D eigenvalue weighted by molar-refractivity contribution is -0.136. The van der Waals surface area contributed by atoms with Crippen molar-refractivity contribution >= 4 is 27.7 Å². The van der Waals surface area contributed by atoms with Gasteiger partial charge in [-0.3, -0.25) is 4.79 Å². The number of hydrogen-bond acceptors (Lipinski definition) is 6. The van der Waals surface area contributed by atoms with E-state index in [0.29, 0.717) is 46.3 Å². The lowest BCUT2D eigenvalue weighted by Gasteiger charge is -2.36. The van der Waals surface area contributed by atoms with Crippen LogP contribution in [0.25, 0.3) is 0 Å². The number of aromatic hydroxyl groups is 1. The standard InChI is InChI=1S/C26H26BrNO5/c1-4-33-21-13-17(10-18(27)25(21)30)23-22(26(31)32-3)14(2)28-19-11-16(12-20(29)24(19)23)15-8-6-5-7-9-15/h5-10,13,16,23,28,30H,4,11-12H2,1-3H3/t16-,23-/m1/s1. The van der Waals surface area contributed by atoms with Crippen LogP contribution in [0.1, 0.15) is 49.7 Å². The van der Waals surface area contributed by atoms with Gasteiger partial charge in [-0.15, -0.1) is 0 Å². The number of dihydropyridines is 1. The molecule has 2 atom stereocenters. The zero-order valence-electron chi connectivity index (χ0n) is 18.8. The number of benzene rings is 2. The molecule has 2 aliphatic rings. The molecule has 0 radical (unpaired) electrons. The van der Waals surface area contributed by atoms with Gasteiger partial charge < -0.3 is 19.9 Å². The van der Waals surface area contributed by atoms with Crippen LogP contribution >= 0.6 is 15.9 Å². The summed E-state index contributed by atoms with van der Waals surface area (Å²) in [6.45, 7) is 4.00. The molecule has 0 saturated carbocycles. The highest BCUT2D eigenvalue weighted by Gasteiger charge is 2.41. The van der Waals surface area contributed by atoms with Crippen LogP contribution in [0.15, 0.2) is 69.5 Å². The minimum absolute atomic E-state index is 0.0151. The minimum Gasteiger partial charge on any atom is -0.503 e. The normalized spacial score (nSPS) is 20.3. The fourth-order valence-electron chi connectivity index (χ4n) is 4.74. The number of hydrogen-bond donors (Lipinski definition) is 2. The van der Waals surface area contributed by atoms with E-state index >= 15 is 0 Å². The smallest absolute Gasteiger partial charge is 0.336 e. The van der Waals surface area contributed by atoms with Crippen LogP contribution in [0.3, 0.4) is 0 Å². The average Bonchev–Trinajstić information content (AvgIpc) is 2.81. The highest BCUT2D eigenvalue weighted by Crippen LogP contribution is 2.48. The van der Waals surface area contributed by atoms with Crippen molar-refractivity contribution in [3.63, 3.8) is 0 Å². The third-order valence-corrected chi connectivity index (χ3v) is 6.79. The Bertz CT molecular complexity index is 1170. The van der Waals surface area contributed by atoms with Crippen molar-refractivity contribution in [1.82, 2.24) is 5.32 Å². The molecule has 1 aliphatic carbocycles. The quantitative estimate of drug-likeness (QED) is 0.544. The molecule has 172 valence electrons. The van der Waals surface area contributed by atoms with E-state index in [2.05, 4.69) is 21.2 Å². The van der Waals surface area contributed by atoms with E-state index in [-0.39, 0.29) is 23.2 Å². The van der Waals surface area contributed by atoms with Gasteiger partial charge in [0.05, 0.1) is 23.8 Å². The van der Waals surface area contributed by atoms with Gasteiger partial charge in [0.2, 0.25) is 0 Å². The summed E-state index contributed by atoms with van der Waals surface area (Å²) in [5.41, 5.74) is 4.19. The Kier molecular flexibility index (Phi) is 6.61. The van der Waals surface area contributed by atoms with E-state index in [1.54, 1.807) is 12.1 Å². The number of rotatable bonds is 5. The van der Waals surface area contributed by atoms with Crippen LogP contribution in [-0.2, 0) is 14.3 Å². The number of phenolic OH excluding ortho intramolecular Hbond substituents is 1. The van der Waals surface area contributed by atoms with Crippen molar-refractivity contribution in [3.8, 4) is 11.5 Å². The summed E-state index contributed by atoms with van der Waals surface area (Å²) < 4.78 is 11.1. The van der Waals surface area contributed by atoms with E-state index in [4.69, 9.17) is 9.47 Å².